The fourth-order valence-electron chi connectivity index (χ4n) is 4.66. The quantitative estimate of drug-likeness (QED) is 0.556. The zero-order valence-corrected chi connectivity index (χ0v) is 20.7. The van der Waals surface area contributed by atoms with Crippen molar-refractivity contribution in [3.05, 3.63) is 89.5 Å². The molecule has 0 radical (unpaired) electrons. The molecule has 0 spiro atoms. The van der Waals surface area contributed by atoms with Crippen molar-refractivity contribution in [3.63, 3.8) is 0 Å². The Bertz CT molecular complexity index is 1410. The van der Waals surface area contributed by atoms with Crippen molar-refractivity contribution >= 4 is 33.2 Å². The number of hydrogen-bond acceptors (Lipinski definition) is 5. The fourth-order valence-corrected chi connectivity index (χ4v) is 5.61. The third-order valence-electron chi connectivity index (χ3n) is 6.45. The molecular formula is C27H27N3O5S. The Morgan fingerprint density at radius 2 is 1.75 bits per heavy atom. The van der Waals surface area contributed by atoms with Crippen molar-refractivity contribution in [2.24, 2.45) is 0 Å². The number of rotatable bonds is 6. The molecule has 0 saturated heterocycles. The number of benzene rings is 3. The molecule has 2 aliphatic heterocycles. The second kappa shape index (κ2) is 9.66. The molecule has 2 aliphatic rings. The molecule has 0 fully saturated rings. The predicted molar refractivity (Wildman–Crippen MR) is 138 cm³/mol. The van der Waals surface area contributed by atoms with Gasteiger partial charge in [-0.15, -0.1) is 0 Å². The van der Waals surface area contributed by atoms with Gasteiger partial charge < -0.3 is 15.0 Å². The highest BCUT2D eigenvalue weighted by atomic mass is 32.2. The molecular weight excluding hydrogens is 478 g/mol. The topological polar surface area (TPSA) is 96.0 Å². The van der Waals surface area contributed by atoms with Crippen LogP contribution in [0.15, 0.2) is 72.8 Å². The molecule has 0 unspecified atom stereocenters. The standard InChI is InChI=1S/C27H27N3O5S/c1-36(33,34)30-16-14-20-17-21(11-12-22(20)30)27(32)29-18-25(35-24-10-6-5-9-23(24)29)26(31)28-15-13-19-7-3-2-4-8-19/h2-12,17,25H,13-16,18H2,1H3,(H,28,31)/t25-/m0/s1. The van der Waals surface area contributed by atoms with E-state index in [9.17, 15) is 18.0 Å². The van der Waals surface area contributed by atoms with Gasteiger partial charge in [-0.2, -0.15) is 0 Å². The summed E-state index contributed by atoms with van der Waals surface area (Å²) in [5.74, 6) is -0.0888. The van der Waals surface area contributed by atoms with Crippen LogP contribution >= 0.6 is 0 Å². The van der Waals surface area contributed by atoms with E-state index in [1.54, 1.807) is 41.3 Å². The summed E-state index contributed by atoms with van der Waals surface area (Å²) < 4.78 is 31.4. The Balaban J connectivity index is 1.34. The minimum atomic E-state index is -3.37. The SMILES string of the molecule is CS(=O)(=O)N1CCc2cc(C(=O)N3C[C@@H](C(=O)NCCc4ccccc4)Oc4ccccc43)ccc21. The molecule has 3 aromatic rings. The van der Waals surface area contributed by atoms with Gasteiger partial charge in [0, 0.05) is 18.7 Å². The molecule has 1 atom stereocenters. The number of para-hydroxylation sites is 2. The average Bonchev–Trinajstić information content (AvgIpc) is 3.32. The van der Waals surface area contributed by atoms with Crippen LogP contribution < -0.4 is 19.3 Å². The molecule has 0 aromatic heterocycles. The number of amides is 2. The van der Waals surface area contributed by atoms with Gasteiger partial charge in [0.25, 0.3) is 11.8 Å². The Kier molecular flexibility index (Phi) is 6.40. The van der Waals surface area contributed by atoms with Crippen LogP contribution in [-0.2, 0) is 27.7 Å². The summed E-state index contributed by atoms with van der Waals surface area (Å²) in [7, 11) is -3.37. The van der Waals surface area contributed by atoms with Gasteiger partial charge in [-0.1, -0.05) is 42.5 Å². The van der Waals surface area contributed by atoms with Crippen LogP contribution in [0.3, 0.4) is 0 Å². The van der Waals surface area contributed by atoms with E-state index in [4.69, 9.17) is 4.74 Å². The number of hydrogen-bond donors (Lipinski definition) is 1. The molecule has 0 aliphatic carbocycles. The Labute approximate surface area is 210 Å². The normalized spacial score (nSPS) is 16.6. The molecule has 36 heavy (non-hydrogen) atoms. The minimum Gasteiger partial charge on any atom is -0.477 e. The number of nitrogens with one attached hydrogen (secondary N) is 1. The summed E-state index contributed by atoms with van der Waals surface area (Å²) in [5, 5.41) is 2.92. The highest BCUT2D eigenvalue weighted by molar-refractivity contribution is 7.92. The Morgan fingerprint density at radius 1 is 1.00 bits per heavy atom. The molecule has 3 aromatic carbocycles. The molecule has 0 saturated carbocycles. The first kappa shape index (κ1) is 23.9. The van der Waals surface area contributed by atoms with Crippen molar-refractivity contribution in [1.82, 2.24) is 5.32 Å². The van der Waals surface area contributed by atoms with Gasteiger partial charge in [-0.05, 0) is 54.3 Å². The summed E-state index contributed by atoms with van der Waals surface area (Å²) in [6, 6.07) is 22.1. The predicted octanol–water partition coefficient (Wildman–Crippen LogP) is 2.78. The molecule has 186 valence electrons. The third kappa shape index (κ3) is 4.79. The lowest BCUT2D eigenvalue weighted by Gasteiger charge is -2.34. The maximum absolute atomic E-state index is 13.6. The first-order chi connectivity index (χ1) is 17.3. The largest absolute Gasteiger partial charge is 0.477 e. The maximum Gasteiger partial charge on any atom is 0.262 e. The lowest BCUT2D eigenvalue weighted by molar-refractivity contribution is -0.127. The molecule has 5 rings (SSSR count). The van der Waals surface area contributed by atoms with Crippen LogP contribution in [0.4, 0.5) is 11.4 Å². The number of nitrogens with zero attached hydrogens (tertiary/aromatic N) is 2. The Morgan fingerprint density at radius 3 is 2.53 bits per heavy atom. The average molecular weight is 506 g/mol. The summed E-state index contributed by atoms with van der Waals surface area (Å²) in [6.07, 6.45) is 1.56. The second-order valence-corrected chi connectivity index (χ2v) is 10.9. The lowest BCUT2D eigenvalue weighted by atomic mass is 10.1. The molecule has 1 N–H and O–H groups in total. The zero-order chi connectivity index (χ0) is 25.3. The van der Waals surface area contributed by atoms with Crippen molar-refractivity contribution in [3.8, 4) is 5.75 Å². The third-order valence-corrected chi connectivity index (χ3v) is 7.63. The molecule has 2 amide bonds. The van der Waals surface area contributed by atoms with E-state index in [-0.39, 0.29) is 18.4 Å². The van der Waals surface area contributed by atoms with E-state index in [1.807, 2.05) is 36.4 Å². The highest BCUT2D eigenvalue weighted by Crippen LogP contribution is 2.36. The number of anilines is 2. The number of carbonyl (C=O) groups is 2. The zero-order valence-electron chi connectivity index (χ0n) is 19.9. The van der Waals surface area contributed by atoms with Gasteiger partial charge in [0.15, 0.2) is 6.10 Å². The van der Waals surface area contributed by atoms with Gasteiger partial charge >= 0.3 is 0 Å². The van der Waals surface area contributed by atoms with Crippen LogP contribution in [0.1, 0.15) is 21.5 Å². The molecule has 9 heteroatoms. The summed E-state index contributed by atoms with van der Waals surface area (Å²) in [4.78, 5) is 28.1. The fraction of sp³-hybridized carbons (Fsp3) is 0.259. The van der Waals surface area contributed by atoms with E-state index < -0.39 is 16.1 Å². The smallest absolute Gasteiger partial charge is 0.262 e. The molecule has 0 bridgehead atoms. The summed E-state index contributed by atoms with van der Waals surface area (Å²) in [5.41, 5.74) is 3.56. The van der Waals surface area contributed by atoms with E-state index >= 15 is 0 Å². The van der Waals surface area contributed by atoms with Crippen LogP contribution in [0.2, 0.25) is 0 Å². The maximum atomic E-state index is 13.6. The van der Waals surface area contributed by atoms with Gasteiger partial charge in [0.2, 0.25) is 10.0 Å². The number of sulfonamides is 1. The van der Waals surface area contributed by atoms with Crippen LogP contribution in [-0.4, -0.2) is 52.2 Å². The lowest BCUT2D eigenvalue weighted by Crippen LogP contribution is -2.51. The van der Waals surface area contributed by atoms with Crippen LogP contribution in [0.25, 0.3) is 0 Å². The first-order valence-corrected chi connectivity index (χ1v) is 13.7. The van der Waals surface area contributed by atoms with Crippen LogP contribution in [0.5, 0.6) is 5.75 Å². The van der Waals surface area contributed by atoms with E-state index in [1.165, 1.54) is 10.6 Å². The van der Waals surface area contributed by atoms with Gasteiger partial charge in [0.05, 0.1) is 24.2 Å². The van der Waals surface area contributed by atoms with Crippen molar-refractivity contribution in [1.29, 1.82) is 0 Å². The van der Waals surface area contributed by atoms with Crippen molar-refractivity contribution < 1.29 is 22.7 Å². The van der Waals surface area contributed by atoms with Crippen LogP contribution in [0, 0.1) is 0 Å². The monoisotopic (exact) mass is 505 g/mol. The molecule has 8 nitrogen and oxygen atoms in total. The minimum absolute atomic E-state index is 0.0690. The highest BCUT2D eigenvalue weighted by Gasteiger charge is 2.35. The first-order valence-electron chi connectivity index (χ1n) is 11.8. The van der Waals surface area contributed by atoms with Gasteiger partial charge in [-0.25, -0.2) is 8.42 Å². The van der Waals surface area contributed by atoms with Gasteiger partial charge in [0.1, 0.15) is 5.75 Å². The molecule has 2 heterocycles. The second-order valence-electron chi connectivity index (χ2n) is 8.95. The number of ether oxygens (including phenoxy) is 1. The van der Waals surface area contributed by atoms with Crippen molar-refractivity contribution in [2.45, 2.75) is 18.9 Å². The van der Waals surface area contributed by atoms with Crippen molar-refractivity contribution in [2.75, 3.05) is 35.1 Å². The van der Waals surface area contributed by atoms with E-state index in [2.05, 4.69) is 5.32 Å². The summed E-state index contributed by atoms with van der Waals surface area (Å²) >= 11 is 0. The van der Waals surface area contributed by atoms with E-state index in [0.717, 1.165) is 11.1 Å². The Hall–Kier alpha value is -3.85. The van der Waals surface area contributed by atoms with Gasteiger partial charge in [-0.3, -0.25) is 13.9 Å². The summed E-state index contributed by atoms with van der Waals surface area (Å²) in [6.45, 7) is 0.886. The van der Waals surface area contributed by atoms with E-state index in [0.29, 0.717) is 48.6 Å². The number of fused-ring (bicyclic) bond motifs is 2. The number of carbonyl (C=O) groups excluding carboxylic acids is 2.